The Kier molecular flexibility index (Phi) is 2.89. The van der Waals surface area contributed by atoms with E-state index < -0.39 is 0 Å². The van der Waals surface area contributed by atoms with Crippen LogP contribution in [0.5, 0.6) is 0 Å². The maximum Gasteiger partial charge on any atom is 0.113 e. The number of hydrogen-bond acceptors (Lipinski definition) is 5. The van der Waals surface area contributed by atoms with Crippen molar-refractivity contribution >= 4 is 16.7 Å². The first kappa shape index (κ1) is 11.4. The van der Waals surface area contributed by atoms with E-state index in [4.69, 9.17) is 0 Å². The van der Waals surface area contributed by atoms with Crippen molar-refractivity contribution in [2.24, 2.45) is 7.05 Å². The molecule has 1 saturated heterocycles. The van der Waals surface area contributed by atoms with Crippen LogP contribution in [0.25, 0.3) is 11.0 Å². The van der Waals surface area contributed by atoms with Gasteiger partial charge in [0.15, 0.2) is 0 Å². The predicted octanol–water partition coefficient (Wildman–Crippen LogP) is -0.261. The first-order valence-corrected chi connectivity index (χ1v) is 6.16. The molecule has 1 fully saturated rings. The van der Waals surface area contributed by atoms with Gasteiger partial charge in [-0.1, -0.05) is 5.21 Å². The van der Waals surface area contributed by atoms with Gasteiger partial charge in [-0.3, -0.25) is 0 Å². The van der Waals surface area contributed by atoms with Crippen LogP contribution in [0.15, 0.2) is 18.2 Å². The summed E-state index contributed by atoms with van der Waals surface area (Å²) >= 11 is 0. The highest BCUT2D eigenvalue weighted by atomic mass is 16.3. The third kappa shape index (κ3) is 1.93. The van der Waals surface area contributed by atoms with Crippen LogP contribution in [0.2, 0.25) is 0 Å². The first-order valence-electron chi connectivity index (χ1n) is 6.16. The van der Waals surface area contributed by atoms with Crippen molar-refractivity contribution in [1.82, 2.24) is 20.3 Å². The van der Waals surface area contributed by atoms with Crippen LogP contribution in [0, 0.1) is 0 Å². The lowest BCUT2D eigenvalue weighted by atomic mass is 10.2. The van der Waals surface area contributed by atoms with Crippen LogP contribution < -0.4 is 10.2 Å². The third-order valence-corrected chi connectivity index (χ3v) is 3.44. The molecule has 0 aliphatic carbocycles. The normalized spacial score (nSPS) is 20.6. The van der Waals surface area contributed by atoms with Crippen LogP contribution >= 0.6 is 0 Å². The fourth-order valence-corrected chi connectivity index (χ4v) is 2.40. The molecule has 1 aromatic carbocycles. The molecule has 0 saturated carbocycles. The van der Waals surface area contributed by atoms with Crippen molar-refractivity contribution in [3.63, 3.8) is 0 Å². The van der Waals surface area contributed by atoms with E-state index in [1.165, 1.54) is 0 Å². The van der Waals surface area contributed by atoms with E-state index in [1.807, 2.05) is 13.1 Å². The second-order valence-electron chi connectivity index (χ2n) is 4.67. The largest absolute Gasteiger partial charge is 0.395 e. The summed E-state index contributed by atoms with van der Waals surface area (Å²) in [6.07, 6.45) is 0. The van der Waals surface area contributed by atoms with E-state index >= 15 is 0 Å². The number of nitrogens with zero attached hydrogens (tertiary/aromatic N) is 4. The number of benzene rings is 1. The summed E-state index contributed by atoms with van der Waals surface area (Å²) in [7, 11) is 1.90. The molecule has 0 bridgehead atoms. The Morgan fingerprint density at radius 3 is 3.22 bits per heavy atom. The van der Waals surface area contributed by atoms with E-state index in [9.17, 15) is 5.11 Å². The highest BCUT2D eigenvalue weighted by Crippen LogP contribution is 2.21. The van der Waals surface area contributed by atoms with Gasteiger partial charge in [-0.05, 0) is 18.2 Å². The van der Waals surface area contributed by atoms with Gasteiger partial charge in [0.25, 0.3) is 0 Å². The quantitative estimate of drug-likeness (QED) is 0.765. The molecule has 6 nitrogen and oxygen atoms in total. The number of anilines is 1. The fraction of sp³-hybridized carbons (Fsp3) is 0.500. The Balaban J connectivity index is 1.91. The number of rotatable bonds is 2. The summed E-state index contributed by atoms with van der Waals surface area (Å²) in [5.41, 5.74) is 3.11. The fourth-order valence-electron chi connectivity index (χ4n) is 2.40. The Bertz CT molecular complexity index is 552. The van der Waals surface area contributed by atoms with Crippen molar-refractivity contribution in [3.05, 3.63) is 18.2 Å². The van der Waals surface area contributed by atoms with Gasteiger partial charge in [-0.15, -0.1) is 5.10 Å². The van der Waals surface area contributed by atoms with Crippen molar-refractivity contribution in [2.45, 2.75) is 6.04 Å². The molecule has 2 N–H and O–H groups in total. The van der Waals surface area contributed by atoms with Crippen LogP contribution in [-0.4, -0.2) is 52.4 Å². The minimum Gasteiger partial charge on any atom is -0.395 e. The van der Waals surface area contributed by atoms with Gasteiger partial charge >= 0.3 is 0 Å². The zero-order valence-electron chi connectivity index (χ0n) is 10.4. The summed E-state index contributed by atoms with van der Waals surface area (Å²) < 4.78 is 1.78. The van der Waals surface area contributed by atoms with E-state index in [0.717, 1.165) is 36.4 Å². The molecule has 2 aromatic rings. The van der Waals surface area contributed by atoms with Gasteiger partial charge in [0.05, 0.1) is 12.1 Å². The number of aliphatic hydroxyl groups excluding tert-OH is 1. The number of aliphatic hydroxyl groups is 1. The lowest BCUT2D eigenvalue weighted by Gasteiger charge is -2.34. The van der Waals surface area contributed by atoms with Gasteiger partial charge < -0.3 is 15.3 Å². The predicted molar refractivity (Wildman–Crippen MR) is 69.6 cm³/mol. The molecule has 3 rings (SSSR count). The molecule has 18 heavy (non-hydrogen) atoms. The lowest BCUT2D eigenvalue weighted by molar-refractivity contribution is 0.235. The van der Waals surface area contributed by atoms with E-state index in [-0.39, 0.29) is 12.6 Å². The highest BCUT2D eigenvalue weighted by Gasteiger charge is 2.19. The van der Waals surface area contributed by atoms with E-state index in [2.05, 4.69) is 32.7 Å². The topological polar surface area (TPSA) is 66.2 Å². The average molecular weight is 247 g/mol. The summed E-state index contributed by atoms with van der Waals surface area (Å²) in [4.78, 5) is 2.28. The molecule has 6 heteroatoms. The van der Waals surface area contributed by atoms with E-state index in [0.29, 0.717) is 0 Å². The second-order valence-corrected chi connectivity index (χ2v) is 4.67. The maximum atomic E-state index is 9.23. The van der Waals surface area contributed by atoms with Crippen molar-refractivity contribution in [3.8, 4) is 0 Å². The highest BCUT2D eigenvalue weighted by molar-refractivity contribution is 5.79. The number of hydrogen-bond donors (Lipinski definition) is 2. The molecule has 0 unspecified atom stereocenters. The van der Waals surface area contributed by atoms with Crippen LogP contribution in [0.3, 0.4) is 0 Å². The van der Waals surface area contributed by atoms with Crippen molar-refractivity contribution < 1.29 is 5.11 Å². The minimum atomic E-state index is 0.152. The Labute approximate surface area is 105 Å². The summed E-state index contributed by atoms with van der Waals surface area (Å²) in [5.74, 6) is 0. The molecule has 2 heterocycles. The second kappa shape index (κ2) is 4.55. The minimum absolute atomic E-state index is 0.152. The summed E-state index contributed by atoms with van der Waals surface area (Å²) in [6.45, 7) is 2.85. The smallest absolute Gasteiger partial charge is 0.113 e. The molecule has 1 atom stereocenters. The van der Waals surface area contributed by atoms with Crippen molar-refractivity contribution in [2.75, 3.05) is 31.1 Å². The SMILES string of the molecule is Cn1nnc2ccc(N3CCN[C@H](CO)C3)cc21. The standard InChI is InChI=1S/C12H17N5O/c1-16-12-6-10(2-3-11(12)14-15-16)17-5-4-13-9(7-17)8-18/h2-3,6,9,13,18H,4-5,7-8H2,1H3/t9-/m0/s1. The zero-order chi connectivity index (χ0) is 12.5. The van der Waals surface area contributed by atoms with Crippen LogP contribution in [-0.2, 0) is 7.05 Å². The Morgan fingerprint density at radius 1 is 1.50 bits per heavy atom. The van der Waals surface area contributed by atoms with E-state index in [1.54, 1.807) is 4.68 Å². The lowest BCUT2D eigenvalue weighted by Crippen LogP contribution is -2.52. The summed E-state index contributed by atoms with van der Waals surface area (Å²) in [5, 5.41) is 20.6. The molecule has 1 aliphatic heterocycles. The molecule has 1 aliphatic rings. The molecule has 1 aromatic heterocycles. The number of aryl methyl sites for hydroxylation is 1. The molecule has 0 radical (unpaired) electrons. The monoisotopic (exact) mass is 247 g/mol. The van der Waals surface area contributed by atoms with Crippen molar-refractivity contribution in [1.29, 1.82) is 0 Å². The number of piperazine rings is 1. The van der Waals surface area contributed by atoms with Crippen LogP contribution in [0.1, 0.15) is 0 Å². The Morgan fingerprint density at radius 2 is 2.39 bits per heavy atom. The number of aromatic nitrogens is 3. The summed E-state index contributed by atoms with van der Waals surface area (Å²) in [6, 6.07) is 6.32. The third-order valence-electron chi connectivity index (χ3n) is 3.44. The molecule has 0 spiro atoms. The molecular formula is C12H17N5O. The van der Waals surface area contributed by atoms with Gasteiger partial charge in [0.1, 0.15) is 5.52 Å². The maximum absolute atomic E-state index is 9.23. The van der Waals surface area contributed by atoms with Crippen LogP contribution in [0.4, 0.5) is 5.69 Å². The molecule has 96 valence electrons. The van der Waals surface area contributed by atoms with Gasteiger partial charge in [0.2, 0.25) is 0 Å². The molecule has 0 amide bonds. The zero-order valence-corrected chi connectivity index (χ0v) is 10.4. The van der Waals surface area contributed by atoms with Gasteiger partial charge in [-0.25, -0.2) is 4.68 Å². The van der Waals surface area contributed by atoms with Gasteiger partial charge in [-0.2, -0.15) is 0 Å². The Hall–Kier alpha value is -1.66. The number of fused-ring (bicyclic) bond motifs is 1. The first-order chi connectivity index (χ1) is 8.78. The van der Waals surface area contributed by atoms with Gasteiger partial charge in [0, 0.05) is 38.4 Å². The number of nitrogens with one attached hydrogen (secondary N) is 1. The molecular weight excluding hydrogens is 230 g/mol. The average Bonchev–Trinajstić information content (AvgIpc) is 2.80.